The molecule has 0 spiro atoms. The summed E-state index contributed by atoms with van der Waals surface area (Å²) in [6.07, 6.45) is 2.99. The third kappa shape index (κ3) is 10.8. The van der Waals surface area contributed by atoms with E-state index in [2.05, 4.69) is 83.1 Å². The number of hydrogen-bond acceptors (Lipinski definition) is 7. The summed E-state index contributed by atoms with van der Waals surface area (Å²) in [5.74, 6) is -2.15. The van der Waals surface area contributed by atoms with Crippen LogP contribution in [0.5, 0.6) is 0 Å². The van der Waals surface area contributed by atoms with Crippen molar-refractivity contribution in [3.05, 3.63) is 60.7 Å². The number of benzene rings is 2. The number of aldehydes is 2. The summed E-state index contributed by atoms with van der Waals surface area (Å²) in [5.41, 5.74) is -1.39. The van der Waals surface area contributed by atoms with Crippen molar-refractivity contribution in [2.45, 2.75) is 127 Å². The molecule has 1 aliphatic carbocycles. The van der Waals surface area contributed by atoms with Crippen molar-refractivity contribution in [1.82, 2.24) is 0 Å². The van der Waals surface area contributed by atoms with Gasteiger partial charge in [-0.05, 0) is 113 Å². The van der Waals surface area contributed by atoms with Gasteiger partial charge in [0.25, 0.3) is 8.32 Å². The Morgan fingerprint density at radius 2 is 1.23 bits per heavy atom. The molecule has 0 N–H and O–H groups in total. The van der Waals surface area contributed by atoms with E-state index >= 15 is 0 Å². The number of rotatable bonds is 15. The fourth-order valence-corrected chi connectivity index (χ4v) is 13.1. The van der Waals surface area contributed by atoms with Gasteiger partial charge in [-0.1, -0.05) is 102 Å². The molecule has 1 fully saturated rings. The maximum Gasteiger partial charge on any atom is 0.311 e. The van der Waals surface area contributed by atoms with Crippen LogP contribution in [-0.4, -0.2) is 51.6 Å². The van der Waals surface area contributed by atoms with Crippen LogP contribution in [0, 0.1) is 52.3 Å². The van der Waals surface area contributed by atoms with Crippen molar-refractivity contribution < 1.29 is 33.1 Å². The highest BCUT2D eigenvalue weighted by molar-refractivity contribution is 6.99. The molecular weight excluding hydrogens is 681 g/mol. The molecule has 1 unspecified atom stereocenters. The Morgan fingerprint density at radius 1 is 0.736 bits per heavy atom. The number of hydrogen-bond donors (Lipinski definition) is 0. The van der Waals surface area contributed by atoms with Crippen LogP contribution in [0.3, 0.4) is 0 Å². The standard InChI is InChI=1S/C45H68O7Si/c1-30(2)39(28-47)37(24-32(4)51-42(49)44(8,9)10)38-26-33(25-36(31(3)27-46)40(38)29-50-41(48)43(5,6)7)52-53(45(11,12)13,34-20-16-14-17-21-34)35-22-18-15-19-23-35/h14-23,27-28,30-33,36-40H,24-26,29H2,1-13H3/t31-,32?,33-,36+,37-,38-,39-,40-/m1/s1. The molecule has 0 saturated heterocycles. The molecule has 2 aromatic carbocycles. The van der Waals surface area contributed by atoms with Gasteiger partial charge >= 0.3 is 11.9 Å². The molecule has 0 amide bonds. The van der Waals surface area contributed by atoms with Gasteiger partial charge in [-0.25, -0.2) is 0 Å². The molecule has 0 aliphatic heterocycles. The number of ether oxygens (including phenoxy) is 2. The van der Waals surface area contributed by atoms with Gasteiger partial charge in [0, 0.05) is 17.9 Å². The van der Waals surface area contributed by atoms with Crippen LogP contribution in [0.4, 0.5) is 0 Å². The highest BCUT2D eigenvalue weighted by atomic mass is 28.4. The molecular formula is C45H68O7Si. The molecule has 0 heterocycles. The van der Waals surface area contributed by atoms with Crippen molar-refractivity contribution in [3.8, 4) is 0 Å². The summed E-state index contributed by atoms with van der Waals surface area (Å²) in [6.45, 7) is 25.9. The maximum atomic E-state index is 13.3. The number of carbonyl (C=O) groups is 4. The van der Waals surface area contributed by atoms with Crippen LogP contribution in [0.25, 0.3) is 0 Å². The van der Waals surface area contributed by atoms with Gasteiger partial charge in [0.2, 0.25) is 0 Å². The topological polar surface area (TPSA) is 96.0 Å². The van der Waals surface area contributed by atoms with Crippen LogP contribution < -0.4 is 10.4 Å². The Balaban J connectivity index is 2.27. The molecule has 8 atom stereocenters. The SMILES string of the molecule is CC(C[C@H]([C@H]1C[C@H](O[Si](c2ccccc2)(c2ccccc2)C(C)(C)C)C[C@@H]([C@H](C)C=O)[C@H]1COC(=O)C(C)(C)C)[C@H](C=O)C(C)C)OC(=O)C(C)(C)C. The molecule has 3 rings (SSSR count). The van der Waals surface area contributed by atoms with Gasteiger partial charge in [0.1, 0.15) is 12.6 Å². The minimum atomic E-state index is -3.00. The van der Waals surface area contributed by atoms with E-state index in [0.29, 0.717) is 19.3 Å². The summed E-state index contributed by atoms with van der Waals surface area (Å²) in [6, 6.07) is 21.1. The highest BCUT2D eigenvalue weighted by Crippen LogP contribution is 2.49. The Hall–Kier alpha value is -3.10. The van der Waals surface area contributed by atoms with Crippen molar-refractivity contribution in [1.29, 1.82) is 0 Å². The van der Waals surface area contributed by atoms with Crippen LogP contribution in [0.2, 0.25) is 5.04 Å². The number of carbonyl (C=O) groups excluding carboxylic acids is 4. The van der Waals surface area contributed by atoms with Crippen LogP contribution in [0.15, 0.2) is 60.7 Å². The first-order chi connectivity index (χ1) is 24.6. The van der Waals surface area contributed by atoms with Crippen molar-refractivity contribution in [2.75, 3.05) is 6.61 Å². The summed E-state index contributed by atoms with van der Waals surface area (Å²) < 4.78 is 19.9. The third-order valence-corrected chi connectivity index (χ3v) is 16.4. The van der Waals surface area contributed by atoms with Gasteiger partial charge in [-0.3, -0.25) is 9.59 Å². The number of esters is 2. The molecule has 2 aromatic rings. The second-order valence-corrected chi connectivity index (χ2v) is 23.3. The molecule has 1 saturated carbocycles. The van der Waals surface area contributed by atoms with E-state index in [9.17, 15) is 19.2 Å². The van der Waals surface area contributed by atoms with Gasteiger partial charge in [0.05, 0.1) is 23.5 Å². The van der Waals surface area contributed by atoms with E-state index in [1.54, 1.807) is 0 Å². The summed E-state index contributed by atoms with van der Waals surface area (Å²) >= 11 is 0. The van der Waals surface area contributed by atoms with E-state index < -0.39 is 25.3 Å². The van der Waals surface area contributed by atoms with Gasteiger partial charge in [0.15, 0.2) is 0 Å². The minimum Gasteiger partial charge on any atom is -0.465 e. The van der Waals surface area contributed by atoms with Gasteiger partial charge in [-0.15, -0.1) is 0 Å². The zero-order chi connectivity index (χ0) is 39.9. The predicted octanol–water partition coefficient (Wildman–Crippen LogP) is 8.45. The molecule has 53 heavy (non-hydrogen) atoms. The van der Waals surface area contributed by atoms with Gasteiger partial charge in [-0.2, -0.15) is 0 Å². The first-order valence-electron chi connectivity index (χ1n) is 19.7. The molecule has 1 aliphatic rings. The Kier molecular flexibility index (Phi) is 15.1. The lowest BCUT2D eigenvalue weighted by Gasteiger charge is -2.52. The molecule has 7 nitrogen and oxygen atoms in total. The smallest absolute Gasteiger partial charge is 0.311 e. The quantitative estimate of drug-likeness (QED) is 0.103. The average molecular weight is 749 g/mol. The normalized spacial score (nSPS) is 22.3. The lowest BCUT2D eigenvalue weighted by atomic mass is 9.59. The van der Waals surface area contributed by atoms with Crippen LogP contribution in [0.1, 0.15) is 109 Å². The Labute approximate surface area is 321 Å². The lowest BCUT2D eigenvalue weighted by molar-refractivity contribution is -0.162. The van der Waals surface area contributed by atoms with E-state index in [4.69, 9.17) is 13.9 Å². The summed E-state index contributed by atoms with van der Waals surface area (Å²) in [4.78, 5) is 52.2. The van der Waals surface area contributed by atoms with Crippen LogP contribution >= 0.6 is 0 Å². The predicted molar refractivity (Wildman–Crippen MR) is 215 cm³/mol. The lowest BCUT2D eigenvalue weighted by Crippen LogP contribution is -2.68. The summed E-state index contributed by atoms with van der Waals surface area (Å²) in [7, 11) is -3.00. The maximum absolute atomic E-state index is 13.3. The van der Waals surface area contributed by atoms with Crippen molar-refractivity contribution in [2.24, 2.45) is 52.3 Å². The zero-order valence-electron chi connectivity index (χ0n) is 34.8. The zero-order valence-corrected chi connectivity index (χ0v) is 35.8. The molecule has 8 heteroatoms. The van der Waals surface area contributed by atoms with Crippen molar-refractivity contribution >= 4 is 43.2 Å². The van der Waals surface area contributed by atoms with Gasteiger partial charge < -0.3 is 23.5 Å². The first kappa shape index (κ1) is 44.3. The largest absolute Gasteiger partial charge is 0.465 e. The van der Waals surface area contributed by atoms with E-state index in [1.165, 1.54) is 10.4 Å². The first-order valence-corrected chi connectivity index (χ1v) is 21.6. The molecule has 294 valence electrons. The summed E-state index contributed by atoms with van der Waals surface area (Å²) in [5, 5.41) is 2.07. The van der Waals surface area contributed by atoms with Crippen LogP contribution in [-0.2, 0) is 33.1 Å². The monoisotopic (exact) mass is 748 g/mol. The second kappa shape index (κ2) is 18.0. The highest BCUT2D eigenvalue weighted by Gasteiger charge is 2.54. The van der Waals surface area contributed by atoms with E-state index in [0.717, 1.165) is 12.6 Å². The Bertz CT molecular complexity index is 1450. The van der Waals surface area contributed by atoms with Crippen molar-refractivity contribution in [3.63, 3.8) is 0 Å². The minimum absolute atomic E-state index is 0.000658. The second-order valence-electron chi connectivity index (χ2n) is 19.0. The fraction of sp³-hybridized carbons (Fsp3) is 0.644. The molecule has 0 bridgehead atoms. The average Bonchev–Trinajstić information content (AvgIpc) is 3.08. The van der Waals surface area contributed by atoms with E-state index in [1.807, 2.05) is 67.5 Å². The van der Waals surface area contributed by atoms with E-state index in [-0.39, 0.29) is 71.1 Å². The fourth-order valence-electron chi connectivity index (χ4n) is 8.40. The third-order valence-electron chi connectivity index (χ3n) is 11.3. The Morgan fingerprint density at radius 3 is 1.64 bits per heavy atom. The molecule has 0 aromatic heterocycles. The molecule has 0 radical (unpaired) electrons.